The van der Waals surface area contributed by atoms with Crippen LogP contribution in [0.25, 0.3) is 0 Å². The highest BCUT2D eigenvalue weighted by atomic mass is 32.2. The molecule has 0 aromatic carbocycles. The average molecular weight is 470 g/mol. The number of ether oxygens (including phenoxy) is 1. The van der Waals surface area contributed by atoms with Gasteiger partial charge in [-0.25, -0.2) is 13.2 Å². The molecule has 10 nitrogen and oxygen atoms in total. The van der Waals surface area contributed by atoms with Crippen LogP contribution in [0.5, 0.6) is 0 Å². The third-order valence-corrected chi connectivity index (χ3v) is 8.96. The molecule has 2 saturated heterocycles. The van der Waals surface area contributed by atoms with Crippen LogP contribution >= 0.6 is 0 Å². The number of rotatable bonds is 6. The molecule has 4 amide bonds. The first kappa shape index (κ1) is 23.0. The Morgan fingerprint density at radius 1 is 1.03 bits per heavy atom. The normalized spacial score (nSPS) is 27.0. The largest absolute Gasteiger partial charge is 0.454 e. The van der Waals surface area contributed by atoms with Crippen molar-refractivity contribution >= 4 is 33.7 Å². The number of hydrogen-bond donors (Lipinski definition) is 1. The fourth-order valence-electron chi connectivity index (χ4n) is 5.59. The molecule has 4 aliphatic rings. The molecule has 1 atom stereocenters. The first-order chi connectivity index (χ1) is 15.2. The molecular weight excluding hydrogens is 438 g/mol. The van der Waals surface area contributed by atoms with Crippen molar-refractivity contribution in [1.29, 1.82) is 0 Å². The number of sulfone groups is 1. The first-order valence-corrected chi connectivity index (χ1v) is 13.3. The Hall–Kier alpha value is -2.17. The van der Waals surface area contributed by atoms with Crippen molar-refractivity contribution in [3.05, 3.63) is 0 Å². The molecule has 4 rings (SSSR count). The topological polar surface area (TPSA) is 130 Å². The lowest BCUT2D eigenvalue weighted by atomic mass is 9.93. The molecule has 178 valence electrons. The van der Waals surface area contributed by atoms with Crippen molar-refractivity contribution in [3.63, 3.8) is 0 Å². The Morgan fingerprint density at radius 3 is 2.34 bits per heavy atom. The summed E-state index contributed by atoms with van der Waals surface area (Å²) in [6.45, 7) is -1.07. The molecule has 0 bridgehead atoms. The van der Waals surface area contributed by atoms with Crippen LogP contribution in [0, 0.1) is 0 Å². The zero-order valence-corrected chi connectivity index (χ0v) is 19.0. The van der Waals surface area contributed by atoms with Gasteiger partial charge in [0.1, 0.15) is 12.1 Å². The van der Waals surface area contributed by atoms with Crippen LogP contribution in [0.15, 0.2) is 0 Å². The highest BCUT2D eigenvalue weighted by Gasteiger charge is 2.53. The highest BCUT2D eigenvalue weighted by Crippen LogP contribution is 2.35. The van der Waals surface area contributed by atoms with Gasteiger partial charge >= 0.3 is 12.0 Å². The summed E-state index contributed by atoms with van der Waals surface area (Å²) in [4.78, 5) is 52.7. The van der Waals surface area contributed by atoms with E-state index in [1.54, 1.807) is 4.90 Å². The average Bonchev–Trinajstić information content (AvgIpc) is 3.43. The zero-order valence-electron chi connectivity index (χ0n) is 18.2. The van der Waals surface area contributed by atoms with E-state index in [9.17, 15) is 27.6 Å². The summed E-state index contributed by atoms with van der Waals surface area (Å²) < 4.78 is 29.1. The van der Waals surface area contributed by atoms with E-state index in [0.29, 0.717) is 19.3 Å². The van der Waals surface area contributed by atoms with Gasteiger partial charge in [-0.3, -0.25) is 19.3 Å². The minimum Gasteiger partial charge on any atom is -0.454 e. The molecule has 1 unspecified atom stereocenters. The second-order valence-corrected chi connectivity index (χ2v) is 11.6. The molecule has 2 aliphatic heterocycles. The van der Waals surface area contributed by atoms with Crippen LogP contribution in [-0.4, -0.2) is 84.3 Å². The van der Waals surface area contributed by atoms with Gasteiger partial charge in [-0.15, -0.1) is 0 Å². The molecule has 11 heteroatoms. The van der Waals surface area contributed by atoms with Crippen molar-refractivity contribution in [3.8, 4) is 0 Å². The maximum Gasteiger partial charge on any atom is 0.326 e. The van der Waals surface area contributed by atoms with Gasteiger partial charge in [0.25, 0.3) is 11.8 Å². The maximum atomic E-state index is 13.0. The number of amides is 4. The van der Waals surface area contributed by atoms with E-state index in [2.05, 4.69) is 5.32 Å². The van der Waals surface area contributed by atoms with E-state index in [1.165, 1.54) is 0 Å². The van der Waals surface area contributed by atoms with Crippen LogP contribution < -0.4 is 5.32 Å². The summed E-state index contributed by atoms with van der Waals surface area (Å²) in [6.07, 6.45) is 7.83. The van der Waals surface area contributed by atoms with Gasteiger partial charge in [0.15, 0.2) is 16.4 Å². The number of carbonyl (C=O) groups excluding carboxylic acids is 4. The van der Waals surface area contributed by atoms with E-state index in [-0.39, 0.29) is 17.5 Å². The first-order valence-electron chi connectivity index (χ1n) is 11.5. The standard InChI is InChI=1S/C21H31N3O7S/c25-17(24(15-6-2-1-3-7-15)16-8-11-32(29,30)14-16)13-31-18(26)12-23-19(27)21(22-20(23)28)9-4-5-10-21/h15-16H,1-14H2,(H,22,28). The maximum absolute atomic E-state index is 13.0. The van der Waals surface area contributed by atoms with Gasteiger partial charge < -0.3 is 15.0 Å². The Morgan fingerprint density at radius 2 is 1.72 bits per heavy atom. The van der Waals surface area contributed by atoms with Gasteiger partial charge in [-0.1, -0.05) is 32.1 Å². The second kappa shape index (κ2) is 8.99. The lowest BCUT2D eigenvalue weighted by Crippen LogP contribution is -2.50. The number of nitrogens with zero attached hydrogens (tertiary/aromatic N) is 2. The van der Waals surface area contributed by atoms with Crippen molar-refractivity contribution in [1.82, 2.24) is 15.1 Å². The van der Waals surface area contributed by atoms with Crippen LogP contribution in [0.2, 0.25) is 0 Å². The minimum absolute atomic E-state index is 0.0542. The Kier molecular flexibility index (Phi) is 6.46. The van der Waals surface area contributed by atoms with Crippen LogP contribution in [-0.2, 0) is 29.0 Å². The van der Waals surface area contributed by atoms with E-state index < -0.39 is 58.4 Å². The second-order valence-electron chi connectivity index (χ2n) is 9.42. The Bertz CT molecular complexity index is 891. The number of urea groups is 1. The number of carbonyl (C=O) groups is 4. The van der Waals surface area contributed by atoms with Crippen LogP contribution in [0.3, 0.4) is 0 Å². The molecule has 0 aromatic heterocycles. The van der Waals surface area contributed by atoms with Crippen LogP contribution in [0.1, 0.15) is 64.2 Å². The Labute approximate surface area is 187 Å². The van der Waals surface area contributed by atoms with Gasteiger partial charge in [0.2, 0.25) is 0 Å². The SMILES string of the molecule is O=C(CN1C(=O)NC2(CCCC2)C1=O)OCC(=O)N(C1CCCCC1)C1CCS(=O)(=O)C1. The minimum atomic E-state index is -3.17. The fraction of sp³-hybridized carbons (Fsp3) is 0.810. The van der Waals surface area contributed by atoms with E-state index in [0.717, 1.165) is 49.8 Å². The monoisotopic (exact) mass is 469 g/mol. The van der Waals surface area contributed by atoms with Crippen molar-refractivity contribution < 1.29 is 32.3 Å². The quantitative estimate of drug-likeness (QED) is 0.448. The molecule has 4 fully saturated rings. The van der Waals surface area contributed by atoms with Crippen molar-refractivity contribution in [2.45, 2.75) is 81.8 Å². The number of imide groups is 1. The smallest absolute Gasteiger partial charge is 0.326 e. The third kappa shape index (κ3) is 4.62. The highest BCUT2D eigenvalue weighted by molar-refractivity contribution is 7.91. The summed E-state index contributed by atoms with van der Waals surface area (Å²) in [6, 6.07) is -1.07. The predicted octanol–water partition coefficient (Wildman–Crippen LogP) is 0.743. The summed E-state index contributed by atoms with van der Waals surface area (Å²) in [7, 11) is -3.17. The van der Waals surface area contributed by atoms with E-state index >= 15 is 0 Å². The molecule has 2 heterocycles. The summed E-state index contributed by atoms with van der Waals surface area (Å²) >= 11 is 0. The van der Waals surface area contributed by atoms with E-state index in [1.807, 2.05) is 0 Å². The fourth-order valence-corrected chi connectivity index (χ4v) is 7.30. The number of nitrogens with one attached hydrogen (secondary N) is 1. The molecule has 1 N–H and O–H groups in total. The van der Waals surface area contributed by atoms with E-state index in [4.69, 9.17) is 4.74 Å². The van der Waals surface area contributed by atoms with Crippen LogP contribution in [0.4, 0.5) is 4.79 Å². The number of esters is 1. The predicted molar refractivity (Wildman–Crippen MR) is 113 cm³/mol. The zero-order chi connectivity index (χ0) is 22.9. The summed E-state index contributed by atoms with van der Waals surface area (Å²) in [5.74, 6) is -1.67. The molecule has 0 radical (unpaired) electrons. The van der Waals surface area contributed by atoms with Gasteiger partial charge in [-0.05, 0) is 32.1 Å². The Balaban J connectivity index is 1.35. The van der Waals surface area contributed by atoms with Gasteiger partial charge in [-0.2, -0.15) is 0 Å². The molecule has 0 aromatic rings. The van der Waals surface area contributed by atoms with Crippen molar-refractivity contribution in [2.24, 2.45) is 0 Å². The third-order valence-electron chi connectivity index (χ3n) is 7.20. The molecule has 1 spiro atoms. The lowest BCUT2D eigenvalue weighted by molar-refractivity contribution is -0.155. The molecular formula is C21H31N3O7S. The summed E-state index contributed by atoms with van der Waals surface area (Å²) in [5, 5.41) is 2.70. The number of hydrogen-bond acceptors (Lipinski definition) is 7. The molecule has 2 saturated carbocycles. The van der Waals surface area contributed by atoms with Crippen molar-refractivity contribution in [2.75, 3.05) is 24.7 Å². The lowest BCUT2D eigenvalue weighted by Gasteiger charge is -2.38. The van der Waals surface area contributed by atoms with Gasteiger partial charge in [0, 0.05) is 12.1 Å². The molecule has 32 heavy (non-hydrogen) atoms. The molecule has 2 aliphatic carbocycles. The summed E-state index contributed by atoms with van der Waals surface area (Å²) in [5.41, 5.74) is -0.904. The van der Waals surface area contributed by atoms with Gasteiger partial charge in [0.05, 0.1) is 11.5 Å².